The van der Waals surface area contributed by atoms with Gasteiger partial charge in [-0.15, -0.1) is 16.4 Å². The van der Waals surface area contributed by atoms with Crippen LogP contribution in [-0.4, -0.2) is 45.3 Å². The molecule has 0 saturated heterocycles. The van der Waals surface area contributed by atoms with E-state index >= 15 is 0 Å². The lowest BCUT2D eigenvalue weighted by atomic mass is 10.1. The Balaban J connectivity index is 1.82. The molecule has 0 aliphatic rings. The van der Waals surface area contributed by atoms with Crippen molar-refractivity contribution in [3.63, 3.8) is 0 Å². The van der Waals surface area contributed by atoms with Gasteiger partial charge in [0.25, 0.3) is 5.91 Å². The minimum atomic E-state index is -0.537. The van der Waals surface area contributed by atoms with Crippen LogP contribution in [0.2, 0.25) is 0 Å². The maximum atomic E-state index is 13.0. The quantitative estimate of drug-likeness (QED) is 0.347. The van der Waals surface area contributed by atoms with Crippen molar-refractivity contribution in [3.8, 4) is 0 Å². The summed E-state index contributed by atoms with van der Waals surface area (Å²) in [5.41, 5.74) is 1.28. The molecule has 0 saturated carbocycles. The number of nitrogens with zero attached hydrogens (tertiary/aromatic N) is 2. The zero-order chi connectivity index (χ0) is 22.4. The Bertz CT molecular complexity index is 1090. The molecule has 3 N–H and O–H groups in total. The van der Waals surface area contributed by atoms with Gasteiger partial charge in [0.15, 0.2) is 0 Å². The van der Waals surface area contributed by atoms with E-state index in [-0.39, 0.29) is 33.7 Å². The highest BCUT2D eigenvalue weighted by Gasteiger charge is 2.26. The summed E-state index contributed by atoms with van der Waals surface area (Å²) < 4.78 is 5.09. The number of anilines is 2. The lowest BCUT2D eigenvalue weighted by Gasteiger charge is -2.08. The summed E-state index contributed by atoms with van der Waals surface area (Å²) in [5, 5.41) is 12.9. The predicted molar refractivity (Wildman–Crippen MR) is 120 cm³/mol. The lowest BCUT2D eigenvalue weighted by Crippen LogP contribution is -2.18. The van der Waals surface area contributed by atoms with Gasteiger partial charge < -0.3 is 15.4 Å². The molecule has 2 amide bonds. The van der Waals surface area contributed by atoms with Crippen molar-refractivity contribution in [1.29, 1.82) is 0 Å². The number of H-pyrrole nitrogens is 1. The number of hydrogen-bond donors (Lipinski definition) is 3. The van der Waals surface area contributed by atoms with Gasteiger partial charge in [-0.05, 0) is 38.5 Å². The molecule has 3 aromatic rings. The summed E-state index contributed by atoms with van der Waals surface area (Å²) >= 11 is 2.17. The summed E-state index contributed by atoms with van der Waals surface area (Å²) in [6.07, 6.45) is 0. The van der Waals surface area contributed by atoms with Gasteiger partial charge in [-0.2, -0.15) is 0 Å². The van der Waals surface area contributed by atoms with Gasteiger partial charge in [-0.1, -0.05) is 30.0 Å². The molecule has 2 heterocycles. The van der Waals surface area contributed by atoms with Crippen LogP contribution in [-0.2, 0) is 9.53 Å². The fraction of sp³-hybridized carbons (Fsp3) is 0.250. The van der Waals surface area contributed by atoms with Crippen LogP contribution in [0.4, 0.5) is 10.7 Å². The van der Waals surface area contributed by atoms with Crippen molar-refractivity contribution < 1.29 is 19.1 Å². The summed E-state index contributed by atoms with van der Waals surface area (Å²) in [4.78, 5) is 42.2. The molecule has 3 rings (SSSR count). The highest BCUT2D eigenvalue weighted by molar-refractivity contribution is 7.99. The van der Waals surface area contributed by atoms with Crippen LogP contribution >= 0.6 is 23.1 Å². The largest absolute Gasteiger partial charge is 0.462 e. The molecule has 162 valence electrons. The van der Waals surface area contributed by atoms with Crippen molar-refractivity contribution in [2.24, 2.45) is 0 Å². The molecule has 0 radical (unpaired) electrons. The Morgan fingerprint density at radius 2 is 1.90 bits per heavy atom. The first-order chi connectivity index (χ1) is 14.9. The maximum Gasteiger partial charge on any atom is 0.348 e. The van der Waals surface area contributed by atoms with Crippen LogP contribution in [0.1, 0.15) is 38.3 Å². The normalized spacial score (nSPS) is 10.5. The standard InChI is InChI=1S/C20H21N5O4S2/c1-4-29-19(28)16-11(2)15(17(27)22-13-8-6-5-7-9-13)18(31-16)23-14(26)10-30-20-21-12(3)24-25-20/h5-9H,4,10H2,1-3H3,(H,22,27)(H,23,26)(H,21,24,25). The minimum absolute atomic E-state index is 0.0444. The van der Waals surface area contributed by atoms with Gasteiger partial charge in [0, 0.05) is 5.69 Å². The molecule has 31 heavy (non-hydrogen) atoms. The Labute approximate surface area is 187 Å². The number of aryl methyl sites for hydroxylation is 1. The van der Waals surface area contributed by atoms with Gasteiger partial charge in [0.1, 0.15) is 15.7 Å². The van der Waals surface area contributed by atoms with E-state index in [0.717, 1.165) is 23.1 Å². The molecule has 0 aliphatic carbocycles. The molecule has 0 fully saturated rings. The lowest BCUT2D eigenvalue weighted by molar-refractivity contribution is -0.113. The molecule has 9 nitrogen and oxygen atoms in total. The van der Waals surface area contributed by atoms with Crippen LogP contribution in [0.15, 0.2) is 35.5 Å². The Morgan fingerprint density at radius 1 is 1.16 bits per heavy atom. The fourth-order valence-corrected chi connectivity index (χ4v) is 4.42. The molecule has 2 aromatic heterocycles. The summed E-state index contributed by atoms with van der Waals surface area (Å²) in [5.74, 6) is -0.621. The summed E-state index contributed by atoms with van der Waals surface area (Å²) in [6.45, 7) is 5.33. The first-order valence-corrected chi connectivity index (χ1v) is 11.2. The first kappa shape index (κ1) is 22.5. The number of thioether (sulfide) groups is 1. The zero-order valence-electron chi connectivity index (χ0n) is 17.1. The highest BCUT2D eigenvalue weighted by atomic mass is 32.2. The van der Waals surface area contributed by atoms with E-state index in [1.165, 1.54) is 0 Å². The molecule has 0 atom stereocenters. The summed E-state index contributed by atoms with van der Waals surface area (Å²) in [7, 11) is 0. The molecule has 0 unspecified atom stereocenters. The van der Waals surface area contributed by atoms with Crippen molar-refractivity contribution in [3.05, 3.63) is 52.2 Å². The number of aromatic amines is 1. The molecule has 0 bridgehead atoms. The number of para-hydroxylation sites is 1. The van der Waals surface area contributed by atoms with Crippen LogP contribution < -0.4 is 10.6 Å². The van der Waals surface area contributed by atoms with Crippen molar-refractivity contribution in [1.82, 2.24) is 15.2 Å². The number of esters is 1. The van der Waals surface area contributed by atoms with Crippen molar-refractivity contribution >= 4 is 51.6 Å². The number of carbonyl (C=O) groups excluding carboxylic acids is 3. The van der Waals surface area contributed by atoms with Gasteiger partial charge >= 0.3 is 5.97 Å². The second-order valence-corrected chi connectivity index (χ2v) is 8.30. The van der Waals surface area contributed by atoms with Crippen molar-refractivity contribution in [2.45, 2.75) is 25.9 Å². The number of ether oxygens (including phenoxy) is 1. The third-order valence-corrected chi connectivity index (χ3v) is 6.06. The molecule has 0 aliphatic heterocycles. The highest BCUT2D eigenvalue weighted by Crippen LogP contribution is 2.34. The van der Waals surface area contributed by atoms with E-state index in [9.17, 15) is 14.4 Å². The second-order valence-electron chi connectivity index (χ2n) is 6.34. The molecule has 0 spiro atoms. The fourth-order valence-electron chi connectivity index (χ4n) is 2.66. The average Bonchev–Trinajstić information content (AvgIpc) is 3.30. The van der Waals surface area contributed by atoms with Gasteiger partial charge in [0.2, 0.25) is 11.1 Å². The number of benzene rings is 1. The number of rotatable bonds is 8. The van der Waals surface area contributed by atoms with E-state index in [1.807, 2.05) is 6.07 Å². The zero-order valence-corrected chi connectivity index (χ0v) is 18.8. The maximum absolute atomic E-state index is 13.0. The van der Waals surface area contributed by atoms with E-state index in [0.29, 0.717) is 22.2 Å². The van der Waals surface area contributed by atoms with Gasteiger partial charge in [-0.25, -0.2) is 9.78 Å². The smallest absolute Gasteiger partial charge is 0.348 e. The van der Waals surface area contributed by atoms with Crippen LogP contribution in [0.25, 0.3) is 0 Å². The van der Waals surface area contributed by atoms with Crippen LogP contribution in [0.5, 0.6) is 0 Å². The topological polar surface area (TPSA) is 126 Å². The molecular formula is C20H21N5O4S2. The van der Waals surface area contributed by atoms with Gasteiger partial charge in [-0.3, -0.25) is 14.7 Å². The molecular weight excluding hydrogens is 438 g/mol. The van der Waals surface area contributed by atoms with Crippen LogP contribution in [0, 0.1) is 13.8 Å². The number of aromatic nitrogens is 3. The van der Waals surface area contributed by atoms with Crippen LogP contribution in [0.3, 0.4) is 0 Å². The SMILES string of the molecule is CCOC(=O)c1sc(NC(=O)CSc2n[nH]c(C)n2)c(C(=O)Nc2ccccc2)c1C. The Morgan fingerprint density at radius 3 is 2.55 bits per heavy atom. The number of thiophene rings is 1. The van der Waals surface area contributed by atoms with E-state index in [2.05, 4.69) is 25.8 Å². The number of amides is 2. The molecule has 11 heteroatoms. The monoisotopic (exact) mass is 459 g/mol. The Hall–Kier alpha value is -3.18. The predicted octanol–water partition coefficient (Wildman–Crippen LogP) is 3.64. The van der Waals surface area contributed by atoms with E-state index in [1.54, 1.807) is 45.0 Å². The third kappa shape index (κ3) is 5.70. The second kappa shape index (κ2) is 10.2. The average molecular weight is 460 g/mol. The number of nitrogens with one attached hydrogen (secondary N) is 3. The van der Waals surface area contributed by atoms with E-state index < -0.39 is 11.9 Å². The molecule has 1 aromatic carbocycles. The van der Waals surface area contributed by atoms with E-state index in [4.69, 9.17) is 4.74 Å². The first-order valence-electron chi connectivity index (χ1n) is 9.37. The minimum Gasteiger partial charge on any atom is -0.462 e. The van der Waals surface area contributed by atoms with Crippen molar-refractivity contribution in [2.75, 3.05) is 23.0 Å². The summed E-state index contributed by atoms with van der Waals surface area (Å²) in [6, 6.07) is 8.93. The number of carbonyl (C=O) groups is 3. The number of hydrogen-bond acceptors (Lipinski definition) is 8. The van der Waals surface area contributed by atoms with Gasteiger partial charge in [0.05, 0.1) is 17.9 Å². The Kier molecular flexibility index (Phi) is 7.42. The third-order valence-electron chi connectivity index (χ3n) is 4.03.